The van der Waals surface area contributed by atoms with E-state index in [4.69, 9.17) is 9.47 Å². The van der Waals surface area contributed by atoms with E-state index in [1.54, 1.807) is 36.6 Å². The van der Waals surface area contributed by atoms with Crippen LogP contribution >= 0.6 is 11.3 Å². The van der Waals surface area contributed by atoms with E-state index < -0.39 is 17.9 Å². The van der Waals surface area contributed by atoms with Gasteiger partial charge in [0.2, 0.25) is 0 Å². The fourth-order valence-corrected chi connectivity index (χ4v) is 3.22. The van der Waals surface area contributed by atoms with Crippen molar-refractivity contribution >= 4 is 40.1 Å². The number of urea groups is 1. The van der Waals surface area contributed by atoms with E-state index in [1.165, 1.54) is 0 Å². The van der Waals surface area contributed by atoms with Crippen LogP contribution in [0.4, 0.5) is 15.6 Å². The summed E-state index contributed by atoms with van der Waals surface area (Å²) in [6.45, 7) is 2.20. The minimum atomic E-state index is -0.452. The first-order valence-electron chi connectivity index (χ1n) is 9.77. The minimum absolute atomic E-state index is 0.177. The topological polar surface area (TPSA) is 119 Å². The molecule has 0 atom stereocenters. The lowest BCUT2D eigenvalue weighted by molar-refractivity contribution is -0.145. The standard InChI is InChI=1S/C22H22N4O5S/c1-2-30-19(27)13-31-17-10-8-16(9-11-17)24-20(28)18-14-32-22(25-18)26-21(29)23-12-15-6-4-3-5-7-15/h3-11,14H,2,12-13H2,1H3,(H,24,28)(H2,23,25,26,29). The molecule has 0 aliphatic heterocycles. The highest BCUT2D eigenvalue weighted by Crippen LogP contribution is 2.19. The van der Waals surface area contributed by atoms with Crippen molar-refractivity contribution in [2.45, 2.75) is 13.5 Å². The molecule has 166 valence electrons. The van der Waals surface area contributed by atoms with Gasteiger partial charge in [-0.3, -0.25) is 10.1 Å². The van der Waals surface area contributed by atoms with Crippen LogP contribution in [0.2, 0.25) is 0 Å². The van der Waals surface area contributed by atoms with Gasteiger partial charge in [-0.25, -0.2) is 14.6 Å². The molecule has 0 saturated carbocycles. The fourth-order valence-electron chi connectivity index (χ4n) is 2.53. The second-order valence-corrected chi connectivity index (χ2v) is 7.26. The third-order valence-corrected chi connectivity index (χ3v) is 4.79. The molecular formula is C22H22N4O5S. The van der Waals surface area contributed by atoms with Gasteiger partial charge in [-0.1, -0.05) is 30.3 Å². The number of esters is 1. The van der Waals surface area contributed by atoms with Crippen LogP contribution in [0.3, 0.4) is 0 Å². The third kappa shape index (κ3) is 7.10. The number of rotatable bonds is 9. The third-order valence-electron chi connectivity index (χ3n) is 4.03. The Labute approximate surface area is 188 Å². The predicted octanol–water partition coefficient (Wildman–Crippen LogP) is 3.66. The molecule has 3 N–H and O–H groups in total. The van der Waals surface area contributed by atoms with E-state index in [-0.39, 0.29) is 12.3 Å². The van der Waals surface area contributed by atoms with Crippen molar-refractivity contribution in [2.75, 3.05) is 23.8 Å². The van der Waals surface area contributed by atoms with Crippen molar-refractivity contribution in [3.8, 4) is 5.75 Å². The van der Waals surface area contributed by atoms with Crippen LogP contribution in [0.1, 0.15) is 23.0 Å². The summed E-state index contributed by atoms with van der Waals surface area (Å²) in [6, 6.07) is 15.6. The zero-order valence-electron chi connectivity index (χ0n) is 17.3. The number of carbonyl (C=O) groups is 3. The lowest BCUT2D eigenvalue weighted by atomic mass is 10.2. The lowest BCUT2D eigenvalue weighted by Gasteiger charge is -2.07. The fraction of sp³-hybridized carbons (Fsp3) is 0.182. The van der Waals surface area contributed by atoms with Crippen molar-refractivity contribution in [1.29, 1.82) is 0 Å². The molecule has 0 aliphatic rings. The Kier molecular flexibility index (Phi) is 8.15. The number of carbonyl (C=O) groups excluding carboxylic acids is 3. The summed E-state index contributed by atoms with van der Waals surface area (Å²) in [5.41, 5.74) is 1.68. The van der Waals surface area contributed by atoms with Crippen molar-refractivity contribution in [2.24, 2.45) is 0 Å². The van der Waals surface area contributed by atoms with E-state index in [1.807, 2.05) is 30.3 Å². The quantitative estimate of drug-likeness (QED) is 0.425. The molecule has 0 spiro atoms. The van der Waals surface area contributed by atoms with Crippen molar-refractivity contribution in [3.05, 3.63) is 71.2 Å². The van der Waals surface area contributed by atoms with Gasteiger partial charge in [-0.2, -0.15) is 0 Å². The number of hydrogen-bond donors (Lipinski definition) is 3. The SMILES string of the molecule is CCOC(=O)COc1ccc(NC(=O)c2csc(NC(=O)NCc3ccccc3)n2)cc1. The van der Waals surface area contributed by atoms with Gasteiger partial charge in [-0.15, -0.1) is 11.3 Å². The molecule has 3 aromatic rings. The number of nitrogens with one attached hydrogen (secondary N) is 3. The van der Waals surface area contributed by atoms with E-state index in [0.29, 0.717) is 29.7 Å². The number of amides is 3. The zero-order valence-corrected chi connectivity index (χ0v) is 18.1. The molecule has 10 heteroatoms. The lowest BCUT2D eigenvalue weighted by Crippen LogP contribution is -2.28. The van der Waals surface area contributed by atoms with Crippen molar-refractivity contribution < 1.29 is 23.9 Å². The number of nitrogens with zero attached hydrogens (tertiary/aromatic N) is 1. The van der Waals surface area contributed by atoms with Crippen LogP contribution < -0.4 is 20.7 Å². The monoisotopic (exact) mass is 454 g/mol. The first-order chi connectivity index (χ1) is 15.5. The smallest absolute Gasteiger partial charge is 0.344 e. The van der Waals surface area contributed by atoms with Gasteiger partial charge < -0.3 is 20.1 Å². The predicted molar refractivity (Wildman–Crippen MR) is 121 cm³/mol. The van der Waals surface area contributed by atoms with E-state index >= 15 is 0 Å². The first kappa shape index (κ1) is 22.8. The second kappa shape index (κ2) is 11.5. The van der Waals surface area contributed by atoms with Gasteiger partial charge in [0, 0.05) is 17.6 Å². The summed E-state index contributed by atoms with van der Waals surface area (Å²) < 4.78 is 10.1. The average Bonchev–Trinajstić information content (AvgIpc) is 3.27. The molecular weight excluding hydrogens is 432 g/mol. The maximum atomic E-state index is 12.4. The van der Waals surface area contributed by atoms with Crippen molar-refractivity contribution in [1.82, 2.24) is 10.3 Å². The van der Waals surface area contributed by atoms with Crippen LogP contribution in [0, 0.1) is 0 Å². The highest BCUT2D eigenvalue weighted by molar-refractivity contribution is 7.14. The average molecular weight is 455 g/mol. The van der Waals surface area contributed by atoms with Gasteiger partial charge >= 0.3 is 12.0 Å². The van der Waals surface area contributed by atoms with Gasteiger partial charge in [0.05, 0.1) is 6.61 Å². The summed E-state index contributed by atoms with van der Waals surface area (Å²) in [5.74, 6) is -0.400. The Bertz CT molecular complexity index is 1050. The van der Waals surface area contributed by atoms with E-state index in [0.717, 1.165) is 16.9 Å². The van der Waals surface area contributed by atoms with Crippen LogP contribution in [0.25, 0.3) is 0 Å². The molecule has 2 aromatic carbocycles. The minimum Gasteiger partial charge on any atom is -0.482 e. The molecule has 0 unspecified atom stereocenters. The Balaban J connectivity index is 1.46. The molecule has 32 heavy (non-hydrogen) atoms. The maximum absolute atomic E-state index is 12.4. The molecule has 3 amide bonds. The van der Waals surface area contributed by atoms with Crippen molar-refractivity contribution in [3.63, 3.8) is 0 Å². The normalized spacial score (nSPS) is 10.2. The highest BCUT2D eigenvalue weighted by atomic mass is 32.1. The number of anilines is 2. The van der Waals surface area contributed by atoms with E-state index in [2.05, 4.69) is 20.9 Å². The van der Waals surface area contributed by atoms with Gasteiger partial charge in [0.25, 0.3) is 5.91 Å². The van der Waals surface area contributed by atoms with Crippen LogP contribution in [-0.4, -0.2) is 36.1 Å². The molecule has 1 heterocycles. The molecule has 1 aromatic heterocycles. The Morgan fingerprint density at radius 3 is 2.47 bits per heavy atom. The molecule has 0 fully saturated rings. The molecule has 0 aliphatic carbocycles. The largest absolute Gasteiger partial charge is 0.482 e. The molecule has 9 nitrogen and oxygen atoms in total. The summed E-state index contributed by atoms with van der Waals surface area (Å²) in [7, 11) is 0. The van der Waals surface area contributed by atoms with Gasteiger partial charge in [-0.05, 0) is 36.8 Å². The molecule has 0 radical (unpaired) electrons. The van der Waals surface area contributed by atoms with Crippen LogP contribution in [-0.2, 0) is 16.1 Å². The maximum Gasteiger partial charge on any atom is 0.344 e. The number of ether oxygens (including phenoxy) is 2. The second-order valence-electron chi connectivity index (χ2n) is 6.40. The van der Waals surface area contributed by atoms with Crippen LogP contribution in [0.5, 0.6) is 5.75 Å². The van der Waals surface area contributed by atoms with E-state index in [9.17, 15) is 14.4 Å². The van der Waals surface area contributed by atoms with Crippen LogP contribution in [0.15, 0.2) is 60.0 Å². The number of aromatic nitrogens is 1. The Morgan fingerprint density at radius 1 is 1.00 bits per heavy atom. The molecule has 0 saturated heterocycles. The summed E-state index contributed by atoms with van der Waals surface area (Å²) >= 11 is 1.15. The summed E-state index contributed by atoms with van der Waals surface area (Å²) in [4.78, 5) is 39.9. The highest BCUT2D eigenvalue weighted by Gasteiger charge is 2.13. The number of benzene rings is 2. The van der Waals surface area contributed by atoms with Gasteiger partial charge in [0.15, 0.2) is 11.7 Å². The molecule has 0 bridgehead atoms. The Hall–Kier alpha value is -3.92. The first-order valence-corrected chi connectivity index (χ1v) is 10.7. The number of hydrogen-bond acceptors (Lipinski definition) is 7. The Morgan fingerprint density at radius 2 is 1.75 bits per heavy atom. The number of thiazole rings is 1. The summed E-state index contributed by atoms with van der Waals surface area (Å²) in [6.07, 6.45) is 0. The summed E-state index contributed by atoms with van der Waals surface area (Å²) in [5, 5.41) is 9.92. The van der Waals surface area contributed by atoms with Gasteiger partial charge in [0.1, 0.15) is 11.4 Å². The zero-order chi connectivity index (χ0) is 22.8. The molecule has 3 rings (SSSR count).